The summed E-state index contributed by atoms with van der Waals surface area (Å²) in [4.78, 5) is 13.8. The van der Waals surface area contributed by atoms with Crippen LogP contribution in [0.3, 0.4) is 0 Å². The molecule has 3 aromatic rings. The quantitative estimate of drug-likeness (QED) is 0.665. The molecule has 0 bridgehead atoms. The van der Waals surface area contributed by atoms with Crippen LogP contribution < -0.4 is 19.7 Å². The molecule has 154 valence electrons. The number of benzene rings is 3. The third-order valence-electron chi connectivity index (χ3n) is 5.58. The van der Waals surface area contributed by atoms with Gasteiger partial charge in [0.15, 0.2) is 18.0 Å². The molecule has 0 aliphatic carbocycles. The fraction of sp³-hybridized carbons (Fsp3) is 0.240. The number of hydrogen-bond acceptors (Lipinski definition) is 3. The highest BCUT2D eigenvalue weighted by Gasteiger charge is 2.24. The maximum Gasteiger partial charge on any atom is 0.279 e. The first-order chi connectivity index (χ1) is 14.7. The Kier molecular flexibility index (Phi) is 6.00. The Balaban J connectivity index is 1.37. The van der Waals surface area contributed by atoms with E-state index >= 15 is 0 Å². The number of rotatable bonds is 6. The average Bonchev–Trinajstić information content (AvgIpc) is 2.79. The van der Waals surface area contributed by atoms with E-state index in [1.165, 1.54) is 21.6 Å². The summed E-state index contributed by atoms with van der Waals surface area (Å²) >= 11 is 0. The summed E-state index contributed by atoms with van der Waals surface area (Å²) in [6, 6.07) is 22.3. The number of quaternary nitrogens is 1. The summed E-state index contributed by atoms with van der Waals surface area (Å²) in [7, 11) is 3.30. The van der Waals surface area contributed by atoms with E-state index in [0.29, 0.717) is 6.54 Å². The number of ether oxygens (including phenoxy) is 2. The van der Waals surface area contributed by atoms with Crippen LogP contribution in [-0.4, -0.2) is 33.2 Å². The Morgan fingerprint density at radius 3 is 2.20 bits per heavy atom. The second-order valence-electron chi connectivity index (χ2n) is 7.57. The second-order valence-corrected chi connectivity index (χ2v) is 7.57. The fourth-order valence-electron chi connectivity index (χ4n) is 3.99. The van der Waals surface area contributed by atoms with Crippen LogP contribution in [0.5, 0.6) is 11.5 Å². The first kappa shape index (κ1) is 20.0. The zero-order valence-corrected chi connectivity index (χ0v) is 17.4. The summed E-state index contributed by atoms with van der Waals surface area (Å²) in [5, 5.41) is 3.03. The van der Waals surface area contributed by atoms with Crippen molar-refractivity contribution in [2.45, 2.75) is 13.0 Å². The average molecular weight is 404 g/mol. The Bertz CT molecular complexity index is 1020. The zero-order valence-electron chi connectivity index (χ0n) is 17.4. The first-order valence-corrected chi connectivity index (χ1v) is 10.2. The smallest absolute Gasteiger partial charge is 0.279 e. The molecule has 1 aliphatic heterocycles. The van der Waals surface area contributed by atoms with Crippen LogP contribution in [0.1, 0.15) is 11.1 Å². The van der Waals surface area contributed by atoms with Crippen LogP contribution in [0.2, 0.25) is 0 Å². The van der Waals surface area contributed by atoms with Crippen LogP contribution >= 0.6 is 0 Å². The number of carbonyl (C=O) groups excluding carboxylic acids is 1. The Morgan fingerprint density at radius 2 is 1.53 bits per heavy atom. The molecule has 1 atom stereocenters. The van der Waals surface area contributed by atoms with Crippen molar-refractivity contribution in [1.82, 2.24) is 0 Å². The molecule has 0 aromatic heterocycles. The topological polar surface area (TPSA) is 52.0 Å². The molecule has 0 spiro atoms. The summed E-state index contributed by atoms with van der Waals surface area (Å²) in [6.45, 7) is 2.16. The van der Waals surface area contributed by atoms with Crippen molar-refractivity contribution >= 4 is 11.6 Å². The lowest BCUT2D eigenvalue weighted by molar-refractivity contribution is -0.907. The summed E-state index contributed by atoms with van der Waals surface area (Å²) in [6.07, 6.45) is 0.921. The van der Waals surface area contributed by atoms with Crippen molar-refractivity contribution in [3.05, 3.63) is 77.9 Å². The van der Waals surface area contributed by atoms with E-state index in [0.717, 1.165) is 42.3 Å². The van der Waals surface area contributed by atoms with Gasteiger partial charge in [0.1, 0.15) is 6.54 Å². The minimum absolute atomic E-state index is 0.0291. The molecule has 30 heavy (non-hydrogen) atoms. The molecule has 1 amide bonds. The Hall–Kier alpha value is -3.31. The predicted molar refractivity (Wildman–Crippen MR) is 118 cm³/mol. The second kappa shape index (κ2) is 9.01. The lowest BCUT2D eigenvalue weighted by atomic mass is 9.99. The van der Waals surface area contributed by atoms with Gasteiger partial charge in [0.25, 0.3) is 5.91 Å². The highest BCUT2D eigenvalue weighted by atomic mass is 16.5. The van der Waals surface area contributed by atoms with E-state index in [1.54, 1.807) is 14.2 Å². The maximum atomic E-state index is 12.6. The number of methoxy groups -OCH3 is 2. The molecular weight excluding hydrogens is 376 g/mol. The first-order valence-electron chi connectivity index (χ1n) is 10.2. The third kappa shape index (κ3) is 4.47. The monoisotopic (exact) mass is 403 g/mol. The molecule has 5 heteroatoms. The summed E-state index contributed by atoms with van der Waals surface area (Å²) in [5.41, 5.74) is 5.61. The largest absolute Gasteiger partial charge is 0.493 e. The van der Waals surface area contributed by atoms with Crippen molar-refractivity contribution in [1.29, 1.82) is 0 Å². The number of hydrogen-bond donors (Lipinski definition) is 2. The van der Waals surface area contributed by atoms with Crippen molar-refractivity contribution in [2.24, 2.45) is 0 Å². The normalized spacial score (nSPS) is 15.2. The lowest BCUT2D eigenvalue weighted by Crippen LogP contribution is -3.12. The number of anilines is 1. The van der Waals surface area contributed by atoms with Gasteiger partial charge in [-0.05, 0) is 41.0 Å². The molecular formula is C25H27N2O3+. The molecule has 0 saturated carbocycles. The molecule has 2 N–H and O–H groups in total. The number of fused-ring (bicyclic) bond motifs is 1. The van der Waals surface area contributed by atoms with E-state index in [1.807, 2.05) is 48.5 Å². The lowest BCUT2D eigenvalue weighted by Gasteiger charge is -2.26. The van der Waals surface area contributed by atoms with Gasteiger partial charge in [-0.15, -0.1) is 0 Å². The maximum absolute atomic E-state index is 12.6. The SMILES string of the molecule is COc1cc2c(cc1OC)C[NH+](CC(=O)Nc1ccc(-c3ccccc3)cc1)CC2. The van der Waals surface area contributed by atoms with Crippen LogP contribution in [-0.2, 0) is 17.8 Å². The molecule has 3 aromatic carbocycles. The Morgan fingerprint density at radius 1 is 0.900 bits per heavy atom. The molecule has 0 fully saturated rings. The van der Waals surface area contributed by atoms with Crippen LogP contribution in [0.25, 0.3) is 11.1 Å². The third-order valence-corrected chi connectivity index (χ3v) is 5.58. The molecule has 1 aliphatic rings. The highest BCUT2D eigenvalue weighted by molar-refractivity contribution is 5.91. The Labute approximate surface area is 177 Å². The number of amides is 1. The van der Waals surface area contributed by atoms with E-state index in [2.05, 4.69) is 23.5 Å². The molecule has 0 radical (unpaired) electrons. The molecule has 5 nitrogen and oxygen atoms in total. The van der Waals surface area contributed by atoms with Gasteiger partial charge in [-0.2, -0.15) is 0 Å². The fourth-order valence-corrected chi connectivity index (χ4v) is 3.99. The van der Waals surface area contributed by atoms with E-state index in [4.69, 9.17) is 9.47 Å². The van der Waals surface area contributed by atoms with Crippen LogP contribution in [0, 0.1) is 0 Å². The minimum Gasteiger partial charge on any atom is -0.493 e. The number of carbonyl (C=O) groups is 1. The predicted octanol–water partition coefficient (Wildman–Crippen LogP) is 2.95. The van der Waals surface area contributed by atoms with Gasteiger partial charge < -0.3 is 19.7 Å². The van der Waals surface area contributed by atoms with Crippen LogP contribution in [0.15, 0.2) is 66.7 Å². The van der Waals surface area contributed by atoms with E-state index in [-0.39, 0.29) is 5.91 Å². The summed E-state index contributed by atoms with van der Waals surface area (Å²) < 4.78 is 10.8. The molecule has 4 rings (SSSR count). The van der Waals surface area contributed by atoms with Crippen molar-refractivity contribution in [3.8, 4) is 22.6 Å². The molecule has 0 saturated heterocycles. The van der Waals surface area contributed by atoms with Gasteiger partial charge in [0.05, 0.1) is 20.8 Å². The van der Waals surface area contributed by atoms with Crippen molar-refractivity contribution in [2.75, 3.05) is 32.6 Å². The zero-order chi connectivity index (χ0) is 20.9. The molecule has 1 heterocycles. The van der Waals surface area contributed by atoms with E-state index < -0.39 is 0 Å². The van der Waals surface area contributed by atoms with Gasteiger partial charge >= 0.3 is 0 Å². The van der Waals surface area contributed by atoms with Crippen LogP contribution in [0.4, 0.5) is 5.69 Å². The highest BCUT2D eigenvalue weighted by Crippen LogP contribution is 2.31. The van der Waals surface area contributed by atoms with Crippen molar-refractivity contribution in [3.63, 3.8) is 0 Å². The molecule has 1 unspecified atom stereocenters. The van der Waals surface area contributed by atoms with Gasteiger partial charge in [-0.3, -0.25) is 4.79 Å². The number of nitrogens with one attached hydrogen (secondary N) is 2. The van der Waals surface area contributed by atoms with Crippen molar-refractivity contribution < 1.29 is 19.2 Å². The van der Waals surface area contributed by atoms with E-state index in [9.17, 15) is 4.79 Å². The minimum atomic E-state index is 0.0291. The summed E-state index contributed by atoms with van der Waals surface area (Å²) in [5.74, 6) is 1.53. The standard InChI is InChI=1S/C25H26N2O3/c1-29-23-14-20-12-13-27(16-21(20)15-24(23)30-2)17-25(28)26-22-10-8-19(9-11-22)18-6-4-3-5-7-18/h3-11,14-15H,12-13,16-17H2,1-2H3,(H,26,28)/p+1. The van der Waals surface area contributed by atoms with Gasteiger partial charge in [-0.25, -0.2) is 0 Å². The van der Waals surface area contributed by atoms with Gasteiger partial charge in [0.2, 0.25) is 0 Å². The van der Waals surface area contributed by atoms with Gasteiger partial charge in [0, 0.05) is 17.7 Å². The van der Waals surface area contributed by atoms with Gasteiger partial charge in [-0.1, -0.05) is 42.5 Å².